The van der Waals surface area contributed by atoms with Gasteiger partial charge in [-0.3, -0.25) is 4.79 Å². The summed E-state index contributed by atoms with van der Waals surface area (Å²) >= 11 is 10.3. The van der Waals surface area contributed by atoms with Gasteiger partial charge in [-0.05, 0) is 45.6 Å². The molecule has 0 atom stereocenters. The Labute approximate surface area is 132 Å². The minimum absolute atomic E-state index is 0.336. The topological polar surface area (TPSA) is 55.4 Å². The third-order valence-electron chi connectivity index (χ3n) is 2.46. The number of halogens is 2. The van der Waals surface area contributed by atoms with Crippen LogP contribution >= 0.6 is 38.9 Å². The molecule has 20 heavy (non-hydrogen) atoms. The highest BCUT2D eigenvalue weighted by Gasteiger charge is 2.17. The van der Waals surface area contributed by atoms with Gasteiger partial charge in [-0.15, -0.1) is 11.3 Å². The van der Waals surface area contributed by atoms with Gasteiger partial charge in [0.25, 0.3) is 5.91 Å². The van der Waals surface area contributed by atoms with Gasteiger partial charge in [-0.2, -0.15) is 0 Å². The summed E-state index contributed by atoms with van der Waals surface area (Å²) in [5, 5.41) is 4.91. The molecule has 0 aliphatic carbocycles. The maximum absolute atomic E-state index is 12.2. The van der Waals surface area contributed by atoms with Gasteiger partial charge < -0.3 is 10.1 Å². The Kier molecular flexibility index (Phi) is 4.80. The summed E-state index contributed by atoms with van der Waals surface area (Å²) in [5.74, 6) is -0.817. The summed E-state index contributed by atoms with van der Waals surface area (Å²) in [6.45, 7) is 0. The van der Waals surface area contributed by atoms with Crippen LogP contribution < -0.4 is 5.32 Å². The summed E-state index contributed by atoms with van der Waals surface area (Å²) < 4.78 is 5.24. The number of amides is 1. The summed E-state index contributed by atoms with van der Waals surface area (Å²) in [5.41, 5.74) is 0.852. The molecule has 1 aromatic heterocycles. The minimum atomic E-state index is -0.481. The number of rotatable bonds is 3. The molecule has 0 saturated heterocycles. The Bertz CT molecular complexity index is 671. The van der Waals surface area contributed by atoms with Crippen LogP contribution in [0.3, 0.4) is 0 Å². The first-order valence-electron chi connectivity index (χ1n) is 5.45. The zero-order chi connectivity index (χ0) is 14.7. The molecule has 0 spiro atoms. The molecule has 0 fully saturated rings. The smallest absolute Gasteiger partial charge is 0.350 e. The number of ether oxygens (including phenoxy) is 1. The van der Waals surface area contributed by atoms with Crippen LogP contribution in [0.25, 0.3) is 0 Å². The first-order valence-corrected chi connectivity index (χ1v) is 7.50. The number of nitrogens with one attached hydrogen (secondary N) is 1. The lowest BCUT2D eigenvalue weighted by Crippen LogP contribution is -2.14. The molecule has 1 N–H and O–H groups in total. The van der Waals surface area contributed by atoms with Crippen molar-refractivity contribution in [2.45, 2.75) is 0 Å². The number of hydrogen-bond acceptors (Lipinski definition) is 4. The zero-order valence-corrected chi connectivity index (χ0v) is 13.4. The number of carbonyl (C=O) groups is 2. The van der Waals surface area contributed by atoms with Gasteiger partial charge in [-0.1, -0.05) is 11.6 Å². The van der Waals surface area contributed by atoms with E-state index in [1.807, 2.05) is 0 Å². The van der Waals surface area contributed by atoms with E-state index >= 15 is 0 Å². The monoisotopic (exact) mass is 373 g/mol. The van der Waals surface area contributed by atoms with E-state index in [9.17, 15) is 9.59 Å². The first kappa shape index (κ1) is 15.0. The fourth-order valence-corrected chi connectivity index (χ4v) is 3.15. The molecule has 1 aromatic carbocycles. The molecular formula is C13H9BrClNO3S. The molecule has 1 heterocycles. The first-order chi connectivity index (χ1) is 9.52. The fraction of sp³-hybridized carbons (Fsp3) is 0.0769. The standard InChI is InChI=1S/C13H9BrClNO3S/c1-19-13(18)11-10(4-5-20-11)16-12(17)8-3-2-7(15)6-9(8)14/h2-6H,1H3,(H,16,17). The van der Waals surface area contributed by atoms with E-state index in [-0.39, 0.29) is 5.91 Å². The summed E-state index contributed by atoms with van der Waals surface area (Å²) in [7, 11) is 1.30. The molecule has 2 aromatic rings. The number of carbonyl (C=O) groups excluding carboxylic acids is 2. The SMILES string of the molecule is COC(=O)c1sccc1NC(=O)c1ccc(Cl)cc1Br. The van der Waals surface area contributed by atoms with E-state index in [1.165, 1.54) is 18.4 Å². The van der Waals surface area contributed by atoms with Crippen LogP contribution in [-0.4, -0.2) is 19.0 Å². The van der Waals surface area contributed by atoms with Crippen LogP contribution in [0.2, 0.25) is 5.02 Å². The average molecular weight is 375 g/mol. The van der Waals surface area contributed by atoms with Crippen LogP contribution in [0, 0.1) is 0 Å². The number of hydrogen-bond donors (Lipinski definition) is 1. The zero-order valence-electron chi connectivity index (χ0n) is 10.3. The fourth-order valence-electron chi connectivity index (χ4n) is 1.52. The van der Waals surface area contributed by atoms with E-state index in [0.29, 0.717) is 25.6 Å². The predicted molar refractivity (Wildman–Crippen MR) is 82.8 cm³/mol. The highest BCUT2D eigenvalue weighted by Crippen LogP contribution is 2.26. The third kappa shape index (κ3) is 3.20. The second-order valence-corrected chi connectivity index (χ2v) is 5.94. The van der Waals surface area contributed by atoms with Gasteiger partial charge >= 0.3 is 5.97 Å². The van der Waals surface area contributed by atoms with Gasteiger partial charge in [-0.25, -0.2) is 4.79 Å². The van der Waals surface area contributed by atoms with Crippen molar-refractivity contribution in [2.24, 2.45) is 0 Å². The quantitative estimate of drug-likeness (QED) is 0.819. The van der Waals surface area contributed by atoms with Gasteiger partial charge in [0.1, 0.15) is 4.88 Å². The van der Waals surface area contributed by atoms with Crippen molar-refractivity contribution < 1.29 is 14.3 Å². The number of anilines is 1. The molecule has 0 aliphatic rings. The van der Waals surface area contributed by atoms with Crippen LogP contribution in [-0.2, 0) is 4.74 Å². The largest absolute Gasteiger partial charge is 0.465 e. The Morgan fingerprint density at radius 1 is 1.35 bits per heavy atom. The molecule has 4 nitrogen and oxygen atoms in total. The number of methoxy groups -OCH3 is 1. The third-order valence-corrected chi connectivity index (χ3v) is 4.25. The van der Waals surface area contributed by atoms with Gasteiger partial charge in [0.15, 0.2) is 0 Å². The number of benzene rings is 1. The van der Waals surface area contributed by atoms with E-state index in [2.05, 4.69) is 26.0 Å². The van der Waals surface area contributed by atoms with Crippen molar-refractivity contribution in [3.63, 3.8) is 0 Å². The van der Waals surface area contributed by atoms with E-state index in [4.69, 9.17) is 11.6 Å². The number of thiophene rings is 1. The van der Waals surface area contributed by atoms with Crippen molar-refractivity contribution in [2.75, 3.05) is 12.4 Å². The lowest BCUT2D eigenvalue weighted by molar-refractivity contribution is 0.0607. The Hall–Kier alpha value is -1.37. The molecular weight excluding hydrogens is 366 g/mol. The van der Waals surface area contributed by atoms with Crippen LogP contribution in [0.15, 0.2) is 34.1 Å². The summed E-state index contributed by atoms with van der Waals surface area (Å²) in [4.78, 5) is 24.1. The second-order valence-electron chi connectivity index (χ2n) is 3.73. The highest BCUT2D eigenvalue weighted by molar-refractivity contribution is 9.10. The minimum Gasteiger partial charge on any atom is -0.465 e. The highest BCUT2D eigenvalue weighted by atomic mass is 79.9. The van der Waals surface area contributed by atoms with E-state index in [0.717, 1.165) is 0 Å². The lowest BCUT2D eigenvalue weighted by Gasteiger charge is -2.07. The molecule has 7 heteroatoms. The van der Waals surface area contributed by atoms with Crippen molar-refractivity contribution in [1.82, 2.24) is 0 Å². The summed E-state index contributed by atoms with van der Waals surface area (Å²) in [6, 6.07) is 6.51. The van der Waals surface area contributed by atoms with Crippen molar-refractivity contribution in [3.8, 4) is 0 Å². The molecule has 1 amide bonds. The molecule has 2 rings (SSSR count). The van der Waals surface area contributed by atoms with Gasteiger partial charge in [0.05, 0.1) is 18.4 Å². The van der Waals surface area contributed by atoms with Crippen molar-refractivity contribution in [3.05, 3.63) is 49.6 Å². The Morgan fingerprint density at radius 3 is 2.75 bits per heavy atom. The van der Waals surface area contributed by atoms with E-state index in [1.54, 1.807) is 29.6 Å². The maximum atomic E-state index is 12.2. The van der Waals surface area contributed by atoms with Crippen LogP contribution in [0.5, 0.6) is 0 Å². The summed E-state index contributed by atoms with van der Waals surface area (Å²) in [6.07, 6.45) is 0. The van der Waals surface area contributed by atoms with Crippen LogP contribution in [0.4, 0.5) is 5.69 Å². The number of esters is 1. The Morgan fingerprint density at radius 2 is 2.10 bits per heavy atom. The van der Waals surface area contributed by atoms with Gasteiger partial charge in [0, 0.05) is 9.50 Å². The normalized spacial score (nSPS) is 10.2. The van der Waals surface area contributed by atoms with Crippen molar-refractivity contribution >= 4 is 56.4 Å². The van der Waals surface area contributed by atoms with Crippen LogP contribution in [0.1, 0.15) is 20.0 Å². The van der Waals surface area contributed by atoms with Crippen molar-refractivity contribution in [1.29, 1.82) is 0 Å². The maximum Gasteiger partial charge on any atom is 0.350 e. The molecule has 0 radical (unpaired) electrons. The molecule has 0 saturated carbocycles. The molecule has 0 aliphatic heterocycles. The van der Waals surface area contributed by atoms with E-state index < -0.39 is 5.97 Å². The lowest BCUT2D eigenvalue weighted by atomic mass is 10.2. The Balaban J connectivity index is 2.24. The molecule has 0 bridgehead atoms. The van der Waals surface area contributed by atoms with Gasteiger partial charge in [0.2, 0.25) is 0 Å². The molecule has 104 valence electrons. The average Bonchev–Trinajstić information content (AvgIpc) is 2.85. The second kappa shape index (κ2) is 6.39. The predicted octanol–water partition coefficient (Wildman–Crippen LogP) is 4.20. The molecule has 0 unspecified atom stereocenters.